The van der Waals surface area contributed by atoms with Crippen molar-refractivity contribution in [3.8, 4) is 0 Å². The SMILES string of the molecule is CCN(CCN(C)C)C(=O)c1ccc2cccnc2c1S. The van der Waals surface area contributed by atoms with Gasteiger partial charge in [-0.3, -0.25) is 9.78 Å². The third-order valence-corrected chi connectivity index (χ3v) is 3.92. The minimum Gasteiger partial charge on any atom is -0.338 e. The second-order valence-electron chi connectivity index (χ2n) is 5.22. The number of carbonyl (C=O) groups is 1. The lowest BCUT2D eigenvalue weighted by Gasteiger charge is -2.23. The molecular weight excluding hydrogens is 282 g/mol. The van der Waals surface area contributed by atoms with Crippen LogP contribution in [0.4, 0.5) is 0 Å². The summed E-state index contributed by atoms with van der Waals surface area (Å²) >= 11 is 4.52. The molecule has 1 aromatic carbocycles. The number of benzene rings is 1. The van der Waals surface area contributed by atoms with Gasteiger partial charge in [-0.15, -0.1) is 12.6 Å². The second kappa shape index (κ2) is 6.91. The highest BCUT2D eigenvalue weighted by molar-refractivity contribution is 7.80. The topological polar surface area (TPSA) is 36.4 Å². The lowest BCUT2D eigenvalue weighted by molar-refractivity contribution is 0.0751. The zero-order valence-electron chi connectivity index (χ0n) is 12.7. The summed E-state index contributed by atoms with van der Waals surface area (Å²) in [5, 5.41) is 0.996. The number of hydrogen-bond donors (Lipinski definition) is 1. The molecule has 2 aromatic rings. The third-order valence-electron chi connectivity index (χ3n) is 3.46. The predicted octanol–water partition coefficient (Wildman–Crippen LogP) is 2.55. The summed E-state index contributed by atoms with van der Waals surface area (Å²) in [7, 11) is 4.00. The average Bonchev–Trinajstić information content (AvgIpc) is 2.48. The molecule has 0 aliphatic rings. The van der Waals surface area contributed by atoms with Gasteiger partial charge in [0.1, 0.15) is 0 Å². The van der Waals surface area contributed by atoms with Crippen LogP contribution in [0.15, 0.2) is 35.4 Å². The average molecular weight is 303 g/mol. The molecule has 0 fully saturated rings. The Kier molecular flexibility index (Phi) is 5.20. The van der Waals surface area contributed by atoms with Crippen LogP contribution in [0, 0.1) is 0 Å². The molecule has 4 nitrogen and oxygen atoms in total. The third kappa shape index (κ3) is 3.54. The van der Waals surface area contributed by atoms with Gasteiger partial charge in [0, 0.05) is 36.1 Å². The Labute approximate surface area is 131 Å². The molecule has 0 atom stereocenters. The Balaban J connectivity index is 2.31. The highest BCUT2D eigenvalue weighted by Crippen LogP contribution is 2.24. The molecule has 0 saturated heterocycles. The fourth-order valence-corrected chi connectivity index (χ4v) is 2.55. The van der Waals surface area contributed by atoms with Crippen LogP contribution in [0.25, 0.3) is 10.9 Å². The maximum atomic E-state index is 12.7. The number of aromatic nitrogens is 1. The number of likely N-dealkylation sites (N-methyl/N-ethyl adjacent to an activating group) is 2. The molecule has 1 amide bonds. The van der Waals surface area contributed by atoms with Gasteiger partial charge in [-0.05, 0) is 33.2 Å². The van der Waals surface area contributed by atoms with E-state index in [2.05, 4.69) is 22.5 Å². The first-order chi connectivity index (χ1) is 10.0. The largest absolute Gasteiger partial charge is 0.338 e. The van der Waals surface area contributed by atoms with Crippen LogP contribution < -0.4 is 0 Å². The number of fused-ring (bicyclic) bond motifs is 1. The molecule has 112 valence electrons. The van der Waals surface area contributed by atoms with E-state index in [9.17, 15) is 4.79 Å². The molecule has 0 aliphatic carbocycles. The molecule has 0 spiro atoms. The summed E-state index contributed by atoms with van der Waals surface area (Å²) in [5.74, 6) is 0.0110. The number of nitrogens with zero attached hydrogens (tertiary/aromatic N) is 3. The second-order valence-corrected chi connectivity index (χ2v) is 5.67. The van der Waals surface area contributed by atoms with Crippen LogP contribution in [0.1, 0.15) is 17.3 Å². The Morgan fingerprint density at radius 3 is 2.67 bits per heavy atom. The van der Waals surface area contributed by atoms with Gasteiger partial charge in [-0.25, -0.2) is 0 Å². The smallest absolute Gasteiger partial charge is 0.255 e. The van der Waals surface area contributed by atoms with E-state index in [0.29, 0.717) is 23.5 Å². The maximum absolute atomic E-state index is 12.7. The number of thiol groups is 1. The van der Waals surface area contributed by atoms with Gasteiger partial charge < -0.3 is 9.80 Å². The summed E-state index contributed by atoms with van der Waals surface area (Å²) in [6, 6.07) is 7.62. The van der Waals surface area contributed by atoms with Gasteiger partial charge >= 0.3 is 0 Å². The van der Waals surface area contributed by atoms with Crippen LogP contribution in [0.3, 0.4) is 0 Å². The summed E-state index contributed by atoms with van der Waals surface area (Å²) < 4.78 is 0. The summed E-state index contributed by atoms with van der Waals surface area (Å²) in [5.41, 5.74) is 1.39. The molecule has 0 bridgehead atoms. The van der Waals surface area contributed by atoms with E-state index in [1.54, 1.807) is 6.20 Å². The van der Waals surface area contributed by atoms with Gasteiger partial charge in [0.2, 0.25) is 0 Å². The van der Waals surface area contributed by atoms with Gasteiger partial charge in [0.05, 0.1) is 11.1 Å². The first-order valence-electron chi connectivity index (χ1n) is 7.05. The quantitative estimate of drug-likeness (QED) is 0.863. The predicted molar refractivity (Wildman–Crippen MR) is 89.1 cm³/mol. The van der Waals surface area contributed by atoms with E-state index in [0.717, 1.165) is 17.4 Å². The first kappa shape index (κ1) is 15.8. The lowest BCUT2D eigenvalue weighted by atomic mass is 10.1. The highest BCUT2D eigenvalue weighted by atomic mass is 32.1. The molecule has 0 unspecified atom stereocenters. The Morgan fingerprint density at radius 2 is 2.00 bits per heavy atom. The van der Waals surface area contributed by atoms with Crippen LogP contribution in [0.5, 0.6) is 0 Å². The molecule has 21 heavy (non-hydrogen) atoms. The number of amides is 1. The van der Waals surface area contributed by atoms with Crippen LogP contribution in [-0.4, -0.2) is 54.4 Å². The highest BCUT2D eigenvalue weighted by Gasteiger charge is 2.18. The Hall–Kier alpha value is -1.59. The molecule has 5 heteroatoms. The van der Waals surface area contributed by atoms with Crippen molar-refractivity contribution in [2.24, 2.45) is 0 Å². The summed E-state index contributed by atoms with van der Waals surface area (Å²) in [4.78, 5) is 21.6. The molecular formula is C16H21N3OS. The minimum atomic E-state index is 0.0110. The van der Waals surface area contributed by atoms with Crippen LogP contribution in [0.2, 0.25) is 0 Å². The fourth-order valence-electron chi connectivity index (χ4n) is 2.20. The monoisotopic (exact) mass is 303 g/mol. The normalized spacial score (nSPS) is 11.1. The molecule has 2 rings (SSSR count). The number of hydrogen-bond acceptors (Lipinski definition) is 4. The zero-order valence-corrected chi connectivity index (χ0v) is 13.6. The first-order valence-corrected chi connectivity index (χ1v) is 7.50. The molecule has 0 N–H and O–H groups in total. The zero-order chi connectivity index (χ0) is 15.4. The number of rotatable bonds is 5. The molecule has 0 saturated carbocycles. The van der Waals surface area contributed by atoms with Crippen molar-refractivity contribution in [2.75, 3.05) is 33.7 Å². The van der Waals surface area contributed by atoms with Crippen LogP contribution in [-0.2, 0) is 0 Å². The van der Waals surface area contributed by atoms with E-state index in [1.165, 1.54) is 0 Å². The summed E-state index contributed by atoms with van der Waals surface area (Å²) in [6.45, 7) is 4.22. The standard InChI is InChI=1S/C16H21N3OS/c1-4-19(11-10-18(2)3)16(20)13-8-7-12-6-5-9-17-14(12)15(13)21/h5-9,21H,4,10-11H2,1-3H3. The van der Waals surface area contributed by atoms with E-state index in [1.807, 2.05) is 50.2 Å². The minimum absolute atomic E-state index is 0.0110. The van der Waals surface area contributed by atoms with Gasteiger partial charge in [-0.1, -0.05) is 12.1 Å². The van der Waals surface area contributed by atoms with Gasteiger partial charge in [0.25, 0.3) is 5.91 Å². The molecule has 1 heterocycles. The van der Waals surface area contributed by atoms with Crippen molar-refractivity contribution in [3.63, 3.8) is 0 Å². The number of carbonyl (C=O) groups excluding carboxylic acids is 1. The van der Waals surface area contributed by atoms with Crippen LogP contribution >= 0.6 is 12.6 Å². The molecule has 0 radical (unpaired) electrons. The van der Waals surface area contributed by atoms with Crippen molar-refractivity contribution in [2.45, 2.75) is 11.8 Å². The van der Waals surface area contributed by atoms with Gasteiger partial charge in [-0.2, -0.15) is 0 Å². The van der Waals surface area contributed by atoms with Gasteiger partial charge in [0.15, 0.2) is 0 Å². The van der Waals surface area contributed by atoms with E-state index in [-0.39, 0.29) is 5.91 Å². The summed E-state index contributed by atoms with van der Waals surface area (Å²) in [6.07, 6.45) is 1.72. The van der Waals surface area contributed by atoms with Crippen molar-refractivity contribution in [1.29, 1.82) is 0 Å². The number of pyridine rings is 1. The Bertz CT molecular complexity index is 642. The van der Waals surface area contributed by atoms with Crippen molar-refractivity contribution >= 4 is 29.4 Å². The van der Waals surface area contributed by atoms with E-state index < -0.39 is 0 Å². The van der Waals surface area contributed by atoms with Crippen molar-refractivity contribution in [1.82, 2.24) is 14.8 Å². The fraction of sp³-hybridized carbons (Fsp3) is 0.375. The maximum Gasteiger partial charge on any atom is 0.255 e. The van der Waals surface area contributed by atoms with Crippen molar-refractivity contribution < 1.29 is 4.79 Å². The van der Waals surface area contributed by atoms with Crippen molar-refractivity contribution in [3.05, 3.63) is 36.0 Å². The van der Waals surface area contributed by atoms with E-state index >= 15 is 0 Å². The lowest BCUT2D eigenvalue weighted by Crippen LogP contribution is -2.36. The molecule has 1 aromatic heterocycles. The van der Waals surface area contributed by atoms with E-state index in [4.69, 9.17) is 0 Å². The Morgan fingerprint density at radius 1 is 1.24 bits per heavy atom. The molecule has 0 aliphatic heterocycles.